The fourth-order valence-electron chi connectivity index (χ4n) is 2.33. The minimum atomic E-state index is -0.483. The summed E-state index contributed by atoms with van der Waals surface area (Å²) in [5.41, 5.74) is 5.34. The molecule has 2 N–H and O–H groups in total. The molecule has 0 spiro atoms. The van der Waals surface area contributed by atoms with Crippen molar-refractivity contribution in [3.63, 3.8) is 0 Å². The molecule has 1 unspecified atom stereocenters. The van der Waals surface area contributed by atoms with Gasteiger partial charge in [-0.1, -0.05) is 0 Å². The van der Waals surface area contributed by atoms with Crippen LogP contribution in [0.4, 0.5) is 0 Å². The maximum atomic E-state index is 12.6. The molecule has 1 fully saturated rings. The van der Waals surface area contributed by atoms with Crippen LogP contribution in [-0.4, -0.2) is 43.7 Å². The van der Waals surface area contributed by atoms with E-state index in [1.54, 1.807) is 4.90 Å². The van der Waals surface area contributed by atoms with Gasteiger partial charge < -0.3 is 15.4 Å². The fraction of sp³-hybridized carbons (Fsp3) is 0.846. The predicted octanol–water partition coefficient (Wildman–Crippen LogP) is 0.750. The van der Waals surface area contributed by atoms with E-state index in [2.05, 4.69) is 6.07 Å². The number of nitrogens with two attached hydrogens (primary N) is 1. The van der Waals surface area contributed by atoms with Gasteiger partial charge in [-0.25, -0.2) is 0 Å². The minimum absolute atomic E-state index is 0.0814. The van der Waals surface area contributed by atoms with E-state index >= 15 is 0 Å². The van der Waals surface area contributed by atoms with E-state index in [1.807, 2.05) is 13.8 Å². The molecule has 1 amide bonds. The van der Waals surface area contributed by atoms with Crippen LogP contribution in [0.5, 0.6) is 0 Å². The highest BCUT2D eigenvalue weighted by Crippen LogP contribution is 2.31. The van der Waals surface area contributed by atoms with Crippen LogP contribution in [0.3, 0.4) is 0 Å². The molecule has 0 aromatic carbocycles. The zero-order valence-electron chi connectivity index (χ0n) is 11.3. The number of amides is 1. The van der Waals surface area contributed by atoms with E-state index in [1.165, 1.54) is 0 Å². The van der Waals surface area contributed by atoms with Gasteiger partial charge in [0.15, 0.2) is 0 Å². The fourth-order valence-corrected chi connectivity index (χ4v) is 2.33. The molecule has 1 rings (SSSR count). The molecule has 1 aliphatic heterocycles. The van der Waals surface area contributed by atoms with E-state index in [0.717, 1.165) is 0 Å². The molecular weight excluding hydrogens is 230 g/mol. The summed E-state index contributed by atoms with van der Waals surface area (Å²) in [5, 5.41) is 8.86. The normalized spacial score (nSPS) is 19.9. The Morgan fingerprint density at radius 1 is 1.56 bits per heavy atom. The van der Waals surface area contributed by atoms with Crippen LogP contribution in [0, 0.1) is 22.7 Å². The van der Waals surface area contributed by atoms with Crippen molar-refractivity contribution in [2.45, 2.75) is 26.7 Å². The Bertz CT molecular complexity index is 319. The molecule has 0 aliphatic carbocycles. The van der Waals surface area contributed by atoms with Crippen LogP contribution in [0.15, 0.2) is 0 Å². The highest BCUT2D eigenvalue weighted by Gasteiger charge is 2.41. The Morgan fingerprint density at radius 3 is 2.61 bits per heavy atom. The van der Waals surface area contributed by atoms with Gasteiger partial charge in [0.25, 0.3) is 0 Å². The van der Waals surface area contributed by atoms with E-state index < -0.39 is 5.41 Å². The van der Waals surface area contributed by atoms with Gasteiger partial charge in [0, 0.05) is 32.8 Å². The lowest BCUT2D eigenvalue weighted by molar-refractivity contribution is -0.147. The predicted molar refractivity (Wildman–Crippen MR) is 68.6 cm³/mol. The molecular formula is C13H23N3O2. The topological polar surface area (TPSA) is 79.4 Å². The second kappa shape index (κ2) is 6.72. The number of rotatable bonds is 5. The first-order valence-corrected chi connectivity index (χ1v) is 6.56. The molecule has 5 nitrogen and oxygen atoms in total. The zero-order chi connectivity index (χ0) is 13.6. The average molecular weight is 253 g/mol. The van der Waals surface area contributed by atoms with E-state index in [-0.39, 0.29) is 11.8 Å². The zero-order valence-corrected chi connectivity index (χ0v) is 11.3. The third kappa shape index (κ3) is 3.21. The van der Waals surface area contributed by atoms with Crippen molar-refractivity contribution in [1.82, 2.24) is 4.90 Å². The molecule has 1 heterocycles. The first-order valence-electron chi connectivity index (χ1n) is 6.56. The van der Waals surface area contributed by atoms with E-state index in [4.69, 9.17) is 15.7 Å². The SMILES string of the molecule is CCN(CC(C)C#N)C(=O)C1(CN)CCOCC1. The summed E-state index contributed by atoms with van der Waals surface area (Å²) in [7, 11) is 0. The number of nitriles is 1. The summed E-state index contributed by atoms with van der Waals surface area (Å²) >= 11 is 0. The molecule has 0 aromatic rings. The third-order valence-electron chi connectivity index (χ3n) is 3.68. The monoisotopic (exact) mass is 253 g/mol. The van der Waals surface area contributed by atoms with E-state index in [9.17, 15) is 4.79 Å². The van der Waals surface area contributed by atoms with Crippen molar-refractivity contribution in [3.8, 4) is 6.07 Å². The second-order valence-corrected chi connectivity index (χ2v) is 4.97. The van der Waals surface area contributed by atoms with Gasteiger partial charge in [-0.05, 0) is 26.7 Å². The Balaban J connectivity index is 2.77. The molecule has 1 atom stereocenters. The molecule has 0 saturated carbocycles. The molecule has 1 saturated heterocycles. The standard InChI is InChI=1S/C13H23N3O2/c1-3-16(9-11(2)8-14)12(17)13(10-15)4-6-18-7-5-13/h11H,3-7,9-10,15H2,1-2H3. The number of carbonyl (C=O) groups excluding carboxylic acids is 1. The lowest BCUT2D eigenvalue weighted by atomic mass is 9.78. The molecule has 5 heteroatoms. The summed E-state index contributed by atoms with van der Waals surface area (Å²) in [6.07, 6.45) is 1.36. The van der Waals surface area contributed by atoms with Crippen LogP contribution in [0.25, 0.3) is 0 Å². The molecule has 102 valence electrons. The van der Waals surface area contributed by atoms with Gasteiger partial charge in [0.1, 0.15) is 0 Å². The highest BCUT2D eigenvalue weighted by molar-refractivity contribution is 5.83. The molecule has 0 aromatic heterocycles. The van der Waals surface area contributed by atoms with E-state index in [0.29, 0.717) is 45.7 Å². The second-order valence-electron chi connectivity index (χ2n) is 4.97. The maximum Gasteiger partial charge on any atom is 0.230 e. The van der Waals surface area contributed by atoms with Crippen LogP contribution in [0.2, 0.25) is 0 Å². The van der Waals surface area contributed by atoms with Gasteiger partial charge >= 0.3 is 0 Å². The molecule has 1 aliphatic rings. The lowest BCUT2D eigenvalue weighted by Gasteiger charge is -2.38. The highest BCUT2D eigenvalue weighted by atomic mass is 16.5. The molecule has 18 heavy (non-hydrogen) atoms. The summed E-state index contributed by atoms with van der Waals surface area (Å²) in [6.45, 7) is 6.40. The Morgan fingerprint density at radius 2 is 2.17 bits per heavy atom. The van der Waals surface area contributed by atoms with Crippen LogP contribution in [0.1, 0.15) is 26.7 Å². The Hall–Kier alpha value is -1.12. The van der Waals surface area contributed by atoms with Crippen LogP contribution >= 0.6 is 0 Å². The van der Waals surface area contributed by atoms with Gasteiger partial charge in [-0.3, -0.25) is 4.79 Å². The minimum Gasteiger partial charge on any atom is -0.381 e. The lowest BCUT2D eigenvalue weighted by Crippen LogP contribution is -2.51. The Kier molecular flexibility index (Phi) is 5.57. The number of ether oxygens (including phenoxy) is 1. The smallest absolute Gasteiger partial charge is 0.230 e. The number of hydrogen-bond donors (Lipinski definition) is 1. The van der Waals surface area contributed by atoms with Gasteiger partial charge in [0.2, 0.25) is 5.91 Å². The largest absolute Gasteiger partial charge is 0.381 e. The molecule has 0 radical (unpaired) electrons. The average Bonchev–Trinajstić information content (AvgIpc) is 2.44. The van der Waals surface area contributed by atoms with Gasteiger partial charge in [-0.2, -0.15) is 5.26 Å². The van der Waals surface area contributed by atoms with Crippen molar-refractivity contribution >= 4 is 5.91 Å². The van der Waals surface area contributed by atoms with Crippen LogP contribution in [-0.2, 0) is 9.53 Å². The number of carbonyl (C=O) groups is 1. The van der Waals surface area contributed by atoms with Crippen molar-refractivity contribution < 1.29 is 9.53 Å². The first kappa shape index (κ1) is 14.9. The summed E-state index contributed by atoms with van der Waals surface area (Å²) < 4.78 is 5.31. The summed E-state index contributed by atoms with van der Waals surface area (Å²) in [6, 6.07) is 2.17. The quantitative estimate of drug-likeness (QED) is 0.784. The van der Waals surface area contributed by atoms with Crippen molar-refractivity contribution in [1.29, 1.82) is 5.26 Å². The van der Waals surface area contributed by atoms with Gasteiger partial charge in [-0.15, -0.1) is 0 Å². The van der Waals surface area contributed by atoms with Gasteiger partial charge in [0.05, 0.1) is 17.4 Å². The summed E-state index contributed by atoms with van der Waals surface area (Å²) in [4.78, 5) is 14.4. The van der Waals surface area contributed by atoms with Crippen molar-refractivity contribution in [2.75, 3.05) is 32.8 Å². The van der Waals surface area contributed by atoms with Crippen LogP contribution < -0.4 is 5.73 Å². The first-order chi connectivity index (χ1) is 8.59. The number of hydrogen-bond acceptors (Lipinski definition) is 4. The summed E-state index contributed by atoms with van der Waals surface area (Å²) in [5.74, 6) is -0.0681. The number of nitrogens with zero attached hydrogens (tertiary/aromatic N) is 2. The maximum absolute atomic E-state index is 12.6. The van der Waals surface area contributed by atoms with Crippen molar-refractivity contribution in [3.05, 3.63) is 0 Å². The van der Waals surface area contributed by atoms with Crippen molar-refractivity contribution in [2.24, 2.45) is 17.1 Å². The molecule has 0 bridgehead atoms. The Labute approximate surface area is 109 Å². The third-order valence-corrected chi connectivity index (χ3v) is 3.68.